The number of amides is 2. The third kappa shape index (κ3) is 3.19. The molecule has 0 saturated heterocycles. The van der Waals surface area contributed by atoms with Crippen LogP contribution in [0.4, 0.5) is 0 Å². The van der Waals surface area contributed by atoms with Crippen LogP contribution < -0.4 is 0 Å². The van der Waals surface area contributed by atoms with Crippen LogP contribution in [0, 0.1) is 0 Å². The minimum atomic E-state index is -0.694. The first-order valence-corrected chi connectivity index (χ1v) is 4.40. The van der Waals surface area contributed by atoms with Crippen molar-refractivity contribution in [3.8, 4) is 0 Å². The third-order valence-electron chi connectivity index (χ3n) is 1.71. The smallest absolute Gasteiger partial charge is 0.355 e. The minimum Gasteiger partial charge on any atom is -0.464 e. The lowest BCUT2D eigenvalue weighted by Crippen LogP contribution is -2.36. The fraction of sp³-hybridized carbons (Fsp3) is 0.500. The predicted molar refractivity (Wildman–Crippen MR) is 53.6 cm³/mol. The molecule has 0 radical (unpaired) electrons. The van der Waals surface area contributed by atoms with Gasteiger partial charge in [0, 0.05) is 13.8 Å². The fourth-order valence-corrected chi connectivity index (χ4v) is 1.15. The zero-order valence-corrected chi connectivity index (χ0v) is 9.58. The highest BCUT2D eigenvalue weighted by molar-refractivity contribution is 6.03. The second-order valence-electron chi connectivity index (χ2n) is 3.21. The molecule has 2 amide bonds. The van der Waals surface area contributed by atoms with E-state index in [4.69, 9.17) is 0 Å². The number of carbonyl (C=O) groups excluding carboxylic acids is 3. The van der Waals surface area contributed by atoms with E-state index >= 15 is 0 Å². The Morgan fingerprint density at radius 1 is 0.933 bits per heavy atom. The van der Waals surface area contributed by atoms with Gasteiger partial charge in [-0.3, -0.25) is 9.59 Å². The topological polar surface area (TPSA) is 63.7 Å². The van der Waals surface area contributed by atoms with Crippen LogP contribution in [0.2, 0.25) is 0 Å². The molecule has 0 spiro atoms. The minimum absolute atomic E-state index is 0.0162. The van der Waals surface area contributed by atoms with Crippen molar-refractivity contribution in [2.45, 2.75) is 27.7 Å². The van der Waals surface area contributed by atoms with E-state index in [1.165, 1.54) is 21.0 Å². The maximum Gasteiger partial charge on any atom is 0.355 e. The molecule has 0 aliphatic heterocycles. The van der Waals surface area contributed by atoms with Crippen molar-refractivity contribution in [3.05, 3.63) is 11.3 Å². The predicted octanol–water partition coefficient (Wildman–Crippen LogP) is 0.848. The summed E-state index contributed by atoms with van der Waals surface area (Å²) in [5, 5.41) is 0. The summed E-state index contributed by atoms with van der Waals surface area (Å²) in [7, 11) is 1.20. The Hall–Kier alpha value is -1.65. The Bertz CT molecular complexity index is 312. The maximum atomic E-state index is 11.4. The highest BCUT2D eigenvalue weighted by Crippen LogP contribution is 2.12. The van der Waals surface area contributed by atoms with Crippen LogP contribution in [-0.4, -0.2) is 29.8 Å². The number of rotatable bonds is 2. The molecule has 0 aliphatic rings. The van der Waals surface area contributed by atoms with Gasteiger partial charge < -0.3 is 4.74 Å². The van der Waals surface area contributed by atoms with Crippen LogP contribution in [0.1, 0.15) is 27.7 Å². The van der Waals surface area contributed by atoms with Crippen molar-refractivity contribution in [3.63, 3.8) is 0 Å². The number of hydrogen-bond donors (Lipinski definition) is 0. The molecule has 0 N–H and O–H groups in total. The number of ether oxygens (including phenoxy) is 1. The van der Waals surface area contributed by atoms with E-state index < -0.39 is 17.8 Å². The number of carbonyl (C=O) groups is 3. The molecular weight excluding hydrogens is 198 g/mol. The number of allylic oxidation sites excluding steroid dienone is 1. The lowest BCUT2D eigenvalue weighted by Gasteiger charge is -2.20. The quantitative estimate of drug-likeness (QED) is 0.504. The molecule has 0 rings (SSSR count). The lowest BCUT2D eigenvalue weighted by atomic mass is 10.2. The molecule has 0 aromatic rings. The molecule has 0 aliphatic carbocycles. The molecule has 0 unspecified atom stereocenters. The van der Waals surface area contributed by atoms with Crippen molar-refractivity contribution in [1.29, 1.82) is 0 Å². The molecule has 0 heterocycles. The van der Waals surface area contributed by atoms with E-state index in [2.05, 4.69) is 4.74 Å². The molecule has 5 heteroatoms. The largest absolute Gasteiger partial charge is 0.464 e. The van der Waals surface area contributed by atoms with Crippen molar-refractivity contribution in [2.24, 2.45) is 0 Å². The van der Waals surface area contributed by atoms with Gasteiger partial charge in [-0.05, 0) is 19.4 Å². The molecular formula is C10H15NO4. The Kier molecular flexibility index (Phi) is 4.70. The van der Waals surface area contributed by atoms with E-state index in [1.54, 1.807) is 13.8 Å². The summed E-state index contributed by atoms with van der Waals surface area (Å²) in [5.74, 6) is -1.71. The molecule has 0 bridgehead atoms. The molecule has 0 atom stereocenters. The zero-order chi connectivity index (χ0) is 12.2. The van der Waals surface area contributed by atoms with Crippen LogP contribution in [0.15, 0.2) is 11.3 Å². The summed E-state index contributed by atoms with van der Waals surface area (Å²) in [6, 6.07) is 0. The van der Waals surface area contributed by atoms with Gasteiger partial charge in [-0.1, -0.05) is 0 Å². The summed E-state index contributed by atoms with van der Waals surface area (Å²) < 4.78 is 4.51. The van der Waals surface area contributed by atoms with E-state index in [9.17, 15) is 14.4 Å². The summed E-state index contributed by atoms with van der Waals surface area (Å²) in [6.07, 6.45) is 0. The average molecular weight is 213 g/mol. The van der Waals surface area contributed by atoms with E-state index in [-0.39, 0.29) is 5.70 Å². The fourth-order valence-electron chi connectivity index (χ4n) is 1.15. The summed E-state index contributed by atoms with van der Waals surface area (Å²) in [5.41, 5.74) is 0.532. The van der Waals surface area contributed by atoms with Gasteiger partial charge in [0.05, 0.1) is 7.11 Å². The standard InChI is InChI=1S/C10H15NO4/c1-6(2)9(10(14)15-5)11(7(3)12)8(4)13/h1-5H3. The first kappa shape index (κ1) is 13.4. The van der Waals surface area contributed by atoms with Gasteiger partial charge in [-0.2, -0.15) is 0 Å². The molecule has 0 fully saturated rings. The normalized spacial score (nSPS) is 9.13. The van der Waals surface area contributed by atoms with Crippen LogP contribution in [0.25, 0.3) is 0 Å². The number of nitrogens with zero attached hydrogens (tertiary/aromatic N) is 1. The molecule has 0 aromatic carbocycles. The zero-order valence-electron chi connectivity index (χ0n) is 9.58. The summed E-state index contributed by atoms with van der Waals surface area (Å²) in [4.78, 5) is 34.6. The highest BCUT2D eigenvalue weighted by Gasteiger charge is 2.26. The van der Waals surface area contributed by atoms with Crippen molar-refractivity contribution in [2.75, 3.05) is 7.11 Å². The van der Waals surface area contributed by atoms with E-state index in [0.29, 0.717) is 5.57 Å². The second kappa shape index (κ2) is 5.29. The number of imide groups is 1. The Morgan fingerprint density at radius 3 is 1.53 bits per heavy atom. The highest BCUT2D eigenvalue weighted by atomic mass is 16.5. The summed E-state index contributed by atoms with van der Waals surface area (Å²) in [6.45, 7) is 5.69. The summed E-state index contributed by atoms with van der Waals surface area (Å²) >= 11 is 0. The van der Waals surface area contributed by atoms with E-state index in [0.717, 1.165) is 4.90 Å². The lowest BCUT2D eigenvalue weighted by molar-refractivity contribution is -0.147. The Morgan fingerprint density at radius 2 is 1.33 bits per heavy atom. The molecule has 84 valence electrons. The maximum absolute atomic E-state index is 11.4. The van der Waals surface area contributed by atoms with Gasteiger partial charge in [0.15, 0.2) is 0 Å². The van der Waals surface area contributed by atoms with Gasteiger partial charge in [0.1, 0.15) is 5.70 Å². The van der Waals surface area contributed by atoms with Crippen molar-refractivity contribution in [1.82, 2.24) is 4.90 Å². The first-order valence-electron chi connectivity index (χ1n) is 4.40. The van der Waals surface area contributed by atoms with Crippen LogP contribution in [0.5, 0.6) is 0 Å². The second-order valence-corrected chi connectivity index (χ2v) is 3.21. The van der Waals surface area contributed by atoms with Gasteiger partial charge in [-0.25, -0.2) is 9.69 Å². The van der Waals surface area contributed by atoms with Crippen LogP contribution in [-0.2, 0) is 19.1 Å². The molecule has 0 saturated carbocycles. The Labute approximate surface area is 88.7 Å². The van der Waals surface area contributed by atoms with Gasteiger partial charge in [0.2, 0.25) is 11.8 Å². The van der Waals surface area contributed by atoms with Gasteiger partial charge >= 0.3 is 5.97 Å². The van der Waals surface area contributed by atoms with Crippen LogP contribution >= 0.6 is 0 Å². The van der Waals surface area contributed by atoms with E-state index in [1.807, 2.05) is 0 Å². The van der Waals surface area contributed by atoms with Crippen molar-refractivity contribution < 1.29 is 19.1 Å². The van der Waals surface area contributed by atoms with Gasteiger partial charge in [-0.15, -0.1) is 0 Å². The van der Waals surface area contributed by atoms with Crippen molar-refractivity contribution >= 4 is 17.8 Å². The number of esters is 1. The number of methoxy groups -OCH3 is 1. The third-order valence-corrected chi connectivity index (χ3v) is 1.71. The van der Waals surface area contributed by atoms with Gasteiger partial charge in [0.25, 0.3) is 0 Å². The average Bonchev–Trinajstić information content (AvgIpc) is 2.10. The SMILES string of the molecule is COC(=O)C(=C(C)C)N(C(C)=O)C(C)=O. The monoisotopic (exact) mass is 213 g/mol. The molecule has 0 aromatic heterocycles. The molecule has 15 heavy (non-hydrogen) atoms. The number of hydrogen-bond acceptors (Lipinski definition) is 4. The Balaban J connectivity index is 5.43. The first-order chi connectivity index (χ1) is 6.82. The van der Waals surface area contributed by atoms with Crippen LogP contribution in [0.3, 0.4) is 0 Å². The molecule has 5 nitrogen and oxygen atoms in total.